The normalized spacial score (nSPS) is 24.8. The number of anilines is 1. The minimum absolute atomic E-state index is 0.698. The first-order chi connectivity index (χ1) is 7.54. The van der Waals surface area contributed by atoms with Gasteiger partial charge in [-0.25, -0.2) is 4.79 Å². The molecule has 0 amide bonds. The summed E-state index contributed by atoms with van der Waals surface area (Å²) in [4.78, 5) is 17.4. The van der Waals surface area contributed by atoms with Crippen LogP contribution in [0.3, 0.4) is 0 Å². The van der Waals surface area contributed by atoms with Crippen molar-refractivity contribution in [2.24, 2.45) is 0 Å². The fourth-order valence-electron chi connectivity index (χ4n) is 2.30. The zero-order chi connectivity index (χ0) is 11.8. The third kappa shape index (κ3) is 1.64. The zero-order valence-corrected chi connectivity index (χ0v) is 9.60. The summed E-state index contributed by atoms with van der Waals surface area (Å²) in [6.45, 7) is 4.50. The number of rotatable bonds is 2. The van der Waals surface area contributed by atoms with Gasteiger partial charge in [0.15, 0.2) is 0 Å². The second kappa shape index (κ2) is 3.77. The van der Waals surface area contributed by atoms with Gasteiger partial charge in [0, 0.05) is 24.1 Å². The van der Waals surface area contributed by atoms with Gasteiger partial charge in [0.25, 0.3) is 0 Å². The fraction of sp³-hybridized carbons (Fsp3) is 0.500. The number of carboxylic acids is 1. The predicted molar refractivity (Wildman–Crippen MR) is 61.6 cm³/mol. The van der Waals surface area contributed by atoms with Crippen LogP contribution in [0.5, 0.6) is 0 Å². The van der Waals surface area contributed by atoms with E-state index in [1.54, 1.807) is 13.1 Å². The van der Waals surface area contributed by atoms with Gasteiger partial charge in [0.2, 0.25) is 0 Å². The molecule has 1 saturated heterocycles. The molecule has 1 aliphatic heterocycles. The second-order valence-corrected chi connectivity index (χ2v) is 4.49. The number of aryl methyl sites for hydroxylation is 1. The van der Waals surface area contributed by atoms with Crippen molar-refractivity contribution >= 4 is 11.7 Å². The van der Waals surface area contributed by atoms with Crippen LogP contribution in [-0.4, -0.2) is 28.1 Å². The summed E-state index contributed by atoms with van der Waals surface area (Å²) in [5.41, 5.74) is 1.10. The summed E-state index contributed by atoms with van der Waals surface area (Å²) in [5, 5.41) is 9.32. The van der Waals surface area contributed by atoms with Crippen molar-refractivity contribution in [3.05, 3.63) is 24.0 Å². The maximum Gasteiger partial charge on any atom is 0.329 e. The highest BCUT2D eigenvalue weighted by atomic mass is 16.4. The predicted octanol–water partition coefficient (Wildman–Crippen LogP) is 1.83. The van der Waals surface area contributed by atoms with Gasteiger partial charge in [-0.2, -0.15) is 0 Å². The molecule has 0 spiro atoms. The lowest BCUT2D eigenvalue weighted by Gasteiger charge is -2.33. The quantitative estimate of drug-likeness (QED) is 0.826. The second-order valence-electron chi connectivity index (χ2n) is 4.49. The smallest absolute Gasteiger partial charge is 0.329 e. The molecule has 1 N–H and O–H groups in total. The Balaban J connectivity index is 2.37. The number of aromatic nitrogens is 1. The summed E-state index contributed by atoms with van der Waals surface area (Å²) < 4.78 is 0. The monoisotopic (exact) mass is 220 g/mol. The third-order valence-electron chi connectivity index (χ3n) is 3.29. The largest absolute Gasteiger partial charge is 0.480 e. The van der Waals surface area contributed by atoms with Gasteiger partial charge in [0.05, 0.1) is 0 Å². The molecule has 2 rings (SSSR count). The number of nitrogens with zero attached hydrogens (tertiary/aromatic N) is 2. The van der Waals surface area contributed by atoms with Crippen LogP contribution in [0.4, 0.5) is 5.69 Å². The number of aliphatic carboxylic acids is 1. The molecule has 1 aromatic rings. The number of hydrogen-bond acceptors (Lipinski definition) is 3. The molecule has 1 unspecified atom stereocenters. The molecular weight excluding hydrogens is 204 g/mol. The molecule has 86 valence electrons. The van der Waals surface area contributed by atoms with E-state index in [1.165, 1.54) is 0 Å². The Morgan fingerprint density at radius 2 is 2.38 bits per heavy atom. The molecule has 1 aromatic heterocycles. The van der Waals surface area contributed by atoms with Gasteiger partial charge in [-0.3, -0.25) is 4.98 Å². The number of carboxylic acid groups (broad SMARTS) is 1. The Morgan fingerprint density at radius 3 is 3.00 bits per heavy atom. The average molecular weight is 220 g/mol. The van der Waals surface area contributed by atoms with Crippen LogP contribution in [0, 0.1) is 6.92 Å². The maximum absolute atomic E-state index is 11.3. The van der Waals surface area contributed by atoms with E-state index in [0.717, 1.165) is 24.3 Å². The van der Waals surface area contributed by atoms with E-state index in [2.05, 4.69) is 4.98 Å². The van der Waals surface area contributed by atoms with Gasteiger partial charge < -0.3 is 10.0 Å². The topological polar surface area (TPSA) is 53.4 Å². The van der Waals surface area contributed by atoms with Crippen LogP contribution in [0.2, 0.25) is 0 Å². The van der Waals surface area contributed by atoms with Crippen molar-refractivity contribution in [2.75, 3.05) is 11.4 Å². The SMILES string of the molecule is Cc1cc(N2CCCC2(C)C(=O)O)ccn1. The molecule has 0 saturated carbocycles. The maximum atomic E-state index is 11.3. The standard InChI is InChI=1S/C12H16N2O2/c1-9-8-10(4-6-13-9)14-7-3-5-12(14,2)11(15)16/h4,6,8H,3,5,7H2,1-2H3,(H,15,16). The lowest BCUT2D eigenvalue weighted by molar-refractivity contribution is -0.142. The lowest BCUT2D eigenvalue weighted by atomic mass is 9.99. The Kier molecular flexibility index (Phi) is 2.58. The molecule has 4 nitrogen and oxygen atoms in total. The Labute approximate surface area is 94.9 Å². The highest BCUT2D eigenvalue weighted by molar-refractivity contribution is 5.84. The van der Waals surface area contributed by atoms with E-state index in [0.29, 0.717) is 6.42 Å². The van der Waals surface area contributed by atoms with Gasteiger partial charge in [-0.05, 0) is 38.8 Å². The Morgan fingerprint density at radius 1 is 1.62 bits per heavy atom. The van der Waals surface area contributed by atoms with E-state index >= 15 is 0 Å². The van der Waals surface area contributed by atoms with Crippen LogP contribution in [0.15, 0.2) is 18.3 Å². The lowest BCUT2D eigenvalue weighted by Crippen LogP contribution is -2.48. The van der Waals surface area contributed by atoms with E-state index in [1.807, 2.05) is 24.0 Å². The summed E-state index contributed by atoms with van der Waals surface area (Å²) >= 11 is 0. The average Bonchev–Trinajstić information content (AvgIpc) is 2.62. The highest BCUT2D eigenvalue weighted by Crippen LogP contribution is 2.34. The van der Waals surface area contributed by atoms with Crippen LogP contribution in [0.1, 0.15) is 25.5 Å². The molecular formula is C12H16N2O2. The molecule has 2 heterocycles. The van der Waals surface area contributed by atoms with Crippen molar-refractivity contribution in [2.45, 2.75) is 32.2 Å². The van der Waals surface area contributed by atoms with Gasteiger partial charge in [0.1, 0.15) is 5.54 Å². The van der Waals surface area contributed by atoms with Crippen LogP contribution in [-0.2, 0) is 4.79 Å². The summed E-state index contributed by atoms with van der Waals surface area (Å²) in [5.74, 6) is -0.750. The van der Waals surface area contributed by atoms with Crippen LogP contribution >= 0.6 is 0 Å². The molecule has 0 aromatic carbocycles. The number of hydrogen-bond donors (Lipinski definition) is 1. The first kappa shape index (κ1) is 10.9. The van der Waals surface area contributed by atoms with Crippen LogP contribution in [0.25, 0.3) is 0 Å². The van der Waals surface area contributed by atoms with Gasteiger partial charge >= 0.3 is 5.97 Å². The molecule has 4 heteroatoms. The van der Waals surface area contributed by atoms with Gasteiger partial charge in [-0.1, -0.05) is 0 Å². The molecule has 1 atom stereocenters. The minimum Gasteiger partial charge on any atom is -0.480 e. The molecule has 1 aliphatic rings. The molecule has 0 bridgehead atoms. The third-order valence-corrected chi connectivity index (χ3v) is 3.29. The molecule has 16 heavy (non-hydrogen) atoms. The zero-order valence-electron chi connectivity index (χ0n) is 9.60. The van der Waals surface area contributed by atoms with Crippen molar-refractivity contribution in [3.63, 3.8) is 0 Å². The van der Waals surface area contributed by atoms with Crippen molar-refractivity contribution in [3.8, 4) is 0 Å². The highest BCUT2D eigenvalue weighted by Gasteiger charge is 2.43. The minimum atomic E-state index is -0.770. The summed E-state index contributed by atoms with van der Waals surface area (Å²) in [6, 6.07) is 3.81. The first-order valence-electron chi connectivity index (χ1n) is 5.48. The number of pyridine rings is 1. The van der Waals surface area contributed by atoms with E-state index in [9.17, 15) is 9.90 Å². The number of carbonyl (C=O) groups is 1. The van der Waals surface area contributed by atoms with Crippen molar-refractivity contribution in [1.29, 1.82) is 0 Å². The summed E-state index contributed by atoms with van der Waals surface area (Å²) in [7, 11) is 0. The van der Waals surface area contributed by atoms with Crippen molar-refractivity contribution < 1.29 is 9.90 Å². The van der Waals surface area contributed by atoms with E-state index in [4.69, 9.17) is 0 Å². The Hall–Kier alpha value is -1.58. The molecule has 0 aliphatic carbocycles. The first-order valence-corrected chi connectivity index (χ1v) is 5.48. The Bertz CT molecular complexity index is 419. The molecule has 1 fully saturated rings. The van der Waals surface area contributed by atoms with E-state index in [-0.39, 0.29) is 0 Å². The summed E-state index contributed by atoms with van der Waals surface area (Å²) in [6.07, 6.45) is 3.35. The van der Waals surface area contributed by atoms with Crippen LogP contribution < -0.4 is 4.90 Å². The molecule has 0 radical (unpaired) electrons. The van der Waals surface area contributed by atoms with Crippen molar-refractivity contribution in [1.82, 2.24) is 4.98 Å². The fourth-order valence-corrected chi connectivity index (χ4v) is 2.30. The van der Waals surface area contributed by atoms with E-state index < -0.39 is 11.5 Å². The van der Waals surface area contributed by atoms with Gasteiger partial charge in [-0.15, -0.1) is 0 Å².